The van der Waals surface area contributed by atoms with Crippen LogP contribution in [0, 0.1) is 0 Å². The minimum atomic E-state index is 0.162. The molecule has 4 aliphatic rings. The van der Waals surface area contributed by atoms with Gasteiger partial charge in [0.15, 0.2) is 23.0 Å². The lowest BCUT2D eigenvalue weighted by Crippen LogP contribution is -2.31. The normalized spacial score (nSPS) is 16.7. The van der Waals surface area contributed by atoms with Gasteiger partial charge in [0.25, 0.3) is 0 Å². The largest absolute Gasteiger partial charge is 0.497 e. The Labute approximate surface area is 253 Å². The molecule has 0 radical (unpaired) electrons. The van der Waals surface area contributed by atoms with Gasteiger partial charge < -0.3 is 33.2 Å². The summed E-state index contributed by atoms with van der Waals surface area (Å²) in [7, 11) is 5.08. The minimum absolute atomic E-state index is 0.162. The van der Waals surface area contributed by atoms with Crippen molar-refractivity contribution < 1.29 is 33.2 Å². The molecule has 3 aromatic rings. The molecule has 4 heterocycles. The second-order valence-corrected chi connectivity index (χ2v) is 11.6. The molecule has 0 unspecified atom stereocenters. The highest BCUT2D eigenvalue weighted by atomic mass is 16.7. The van der Waals surface area contributed by atoms with Gasteiger partial charge in [-0.3, -0.25) is 9.80 Å². The third-order valence-electron chi connectivity index (χ3n) is 9.06. The average Bonchev–Trinajstić information content (AvgIpc) is 3.70. The molecule has 9 heteroatoms. The van der Waals surface area contributed by atoms with Gasteiger partial charge in [0.2, 0.25) is 25.1 Å². The van der Waals surface area contributed by atoms with Crippen molar-refractivity contribution in [2.75, 3.05) is 54.5 Å². The summed E-state index contributed by atoms with van der Waals surface area (Å²) < 4.78 is 40.6. The van der Waals surface area contributed by atoms with Crippen LogP contribution < -0.4 is 33.2 Å². The van der Waals surface area contributed by atoms with Crippen LogP contribution in [0.15, 0.2) is 30.3 Å². The van der Waals surface area contributed by atoms with Crippen LogP contribution in [0.5, 0.6) is 40.2 Å². The number of ether oxygens (including phenoxy) is 7. The molecule has 3 aromatic carbocycles. The maximum atomic E-state index is 6.05. The van der Waals surface area contributed by atoms with E-state index in [1.807, 2.05) is 0 Å². The fourth-order valence-corrected chi connectivity index (χ4v) is 6.90. The zero-order chi connectivity index (χ0) is 29.3. The predicted octanol–water partition coefficient (Wildman–Crippen LogP) is 5.77. The van der Waals surface area contributed by atoms with Gasteiger partial charge in [-0.15, -0.1) is 0 Å². The van der Waals surface area contributed by atoms with Gasteiger partial charge in [0, 0.05) is 37.3 Å². The molecule has 0 amide bonds. The Balaban J connectivity index is 1.02. The number of rotatable bonds is 10. The van der Waals surface area contributed by atoms with Crippen molar-refractivity contribution in [3.05, 3.63) is 52.6 Å². The third-order valence-corrected chi connectivity index (χ3v) is 9.06. The van der Waals surface area contributed by atoms with Gasteiger partial charge >= 0.3 is 0 Å². The fraction of sp³-hybridized carbons (Fsp3) is 0.471. The highest BCUT2D eigenvalue weighted by Crippen LogP contribution is 2.57. The van der Waals surface area contributed by atoms with E-state index in [9.17, 15) is 0 Å². The van der Waals surface area contributed by atoms with Gasteiger partial charge in [-0.2, -0.15) is 0 Å². The highest BCUT2D eigenvalue weighted by molar-refractivity contribution is 5.89. The Morgan fingerprint density at radius 3 is 1.72 bits per heavy atom. The SMILES string of the molecule is COc1ccc2c(c1)CCN(CCCCCCN1Cc3cc(OC)c4c(c3-c3c(cc(OC)c5c3OCO5)C1)OCO4)C2. The van der Waals surface area contributed by atoms with Crippen LogP contribution >= 0.6 is 0 Å². The van der Waals surface area contributed by atoms with Crippen LogP contribution in [0.2, 0.25) is 0 Å². The predicted molar refractivity (Wildman–Crippen MR) is 162 cm³/mol. The smallest absolute Gasteiger partial charge is 0.231 e. The summed E-state index contributed by atoms with van der Waals surface area (Å²) >= 11 is 0. The monoisotopic (exact) mass is 588 g/mol. The van der Waals surface area contributed by atoms with Crippen LogP contribution in [0.25, 0.3) is 11.1 Å². The summed E-state index contributed by atoms with van der Waals surface area (Å²) in [6, 6.07) is 10.7. The summed E-state index contributed by atoms with van der Waals surface area (Å²) in [5.41, 5.74) is 7.12. The highest BCUT2D eigenvalue weighted by Gasteiger charge is 2.36. The first-order chi connectivity index (χ1) is 21.2. The van der Waals surface area contributed by atoms with Gasteiger partial charge in [-0.25, -0.2) is 0 Å². The number of hydrogen-bond donors (Lipinski definition) is 0. The lowest BCUT2D eigenvalue weighted by atomic mass is 9.93. The molecule has 0 saturated carbocycles. The summed E-state index contributed by atoms with van der Waals surface area (Å²) in [4.78, 5) is 5.09. The summed E-state index contributed by atoms with van der Waals surface area (Å²) in [5, 5.41) is 0. The van der Waals surface area contributed by atoms with E-state index in [2.05, 4.69) is 40.1 Å². The Bertz CT molecular complexity index is 1430. The minimum Gasteiger partial charge on any atom is -0.497 e. The van der Waals surface area contributed by atoms with Gasteiger partial charge in [0.1, 0.15) is 5.75 Å². The maximum absolute atomic E-state index is 6.05. The Hall–Kier alpha value is -3.82. The van der Waals surface area contributed by atoms with Gasteiger partial charge in [-0.1, -0.05) is 18.9 Å². The molecule has 7 rings (SSSR count). The van der Waals surface area contributed by atoms with Crippen LogP contribution in [0.3, 0.4) is 0 Å². The Morgan fingerprint density at radius 1 is 0.581 bits per heavy atom. The molecular weight excluding hydrogens is 548 g/mol. The van der Waals surface area contributed by atoms with E-state index in [4.69, 9.17) is 33.2 Å². The van der Waals surface area contributed by atoms with Crippen molar-refractivity contribution >= 4 is 0 Å². The van der Waals surface area contributed by atoms with E-state index in [0.717, 1.165) is 80.1 Å². The molecule has 0 aromatic heterocycles. The van der Waals surface area contributed by atoms with Crippen molar-refractivity contribution in [1.82, 2.24) is 9.80 Å². The molecular formula is C34H40N2O7. The molecule has 0 bridgehead atoms. The van der Waals surface area contributed by atoms with Crippen molar-refractivity contribution in [1.29, 1.82) is 0 Å². The maximum Gasteiger partial charge on any atom is 0.231 e. The average molecular weight is 589 g/mol. The quantitative estimate of drug-likeness (QED) is 0.275. The third kappa shape index (κ3) is 5.29. The fourth-order valence-electron chi connectivity index (χ4n) is 6.90. The van der Waals surface area contributed by atoms with Crippen LogP contribution in [0.4, 0.5) is 0 Å². The first kappa shape index (κ1) is 28.0. The topological polar surface area (TPSA) is 71.1 Å². The lowest BCUT2D eigenvalue weighted by Gasteiger charge is -2.29. The van der Waals surface area contributed by atoms with E-state index in [0.29, 0.717) is 34.5 Å². The molecule has 0 N–H and O–H groups in total. The summed E-state index contributed by atoms with van der Waals surface area (Å²) in [6.45, 7) is 6.17. The molecule has 9 nitrogen and oxygen atoms in total. The molecule has 4 aliphatic heterocycles. The van der Waals surface area contributed by atoms with E-state index >= 15 is 0 Å². The summed E-state index contributed by atoms with van der Waals surface area (Å²) in [5.74, 6) is 5.04. The second-order valence-electron chi connectivity index (χ2n) is 11.6. The molecule has 228 valence electrons. The molecule has 0 fully saturated rings. The number of methoxy groups -OCH3 is 3. The molecule has 43 heavy (non-hydrogen) atoms. The van der Waals surface area contributed by atoms with Gasteiger partial charge in [-0.05, 0) is 78.9 Å². The van der Waals surface area contributed by atoms with E-state index < -0.39 is 0 Å². The number of unbranched alkanes of at least 4 members (excludes halogenated alkanes) is 3. The van der Waals surface area contributed by atoms with Crippen molar-refractivity contribution in [3.8, 4) is 51.4 Å². The van der Waals surface area contributed by atoms with Crippen LogP contribution in [0.1, 0.15) is 47.9 Å². The Kier molecular flexibility index (Phi) is 7.84. The second kappa shape index (κ2) is 12.1. The van der Waals surface area contributed by atoms with Crippen LogP contribution in [-0.4, -0.2) is 64.3 Å². The first-order valence-corrected chi connectivity index (χ1v) is 15.3. The van der Waals surface area contributed by atoms with E-state index in [1.54, 1.807) is 21.3 Å². The molecule has 0 atom stereocenters. The number of nitrogens with zero attached hydrogens (tertiary/aromatic N) is 2. The summed E-state index contributed by atoms with van der Waals surface area (Å²) in [6.07, 6.45) is 5.88. The van der Waals surface area contributed by atoms with Crippen molar-refractivity contribution in [3.63, 3.8) is 0 Å². The van der Waals surface area contributed by atoms with Crippen LogP contribution in [-0.2, 0) is 26.1 Å². The van der Waals surface area contributed by atoms with Gasteiger partial charge in [0.05, 0.1) is 21.3 Å². The molecule has 0 saturated heterocycles. The zero-order valence-corrected chi connectivity index (χ0v) is 25.3. The Morgan fingerprint density at radius 2 is 1.14 bits per heavy atom. The number of fused-ring (bicyclic) bond motifs is 8. The molecule has 0 aliphatic carbocycles. The van der Waals surface area contributed by atoms with E-state index in [-0.39, 0.29) is 13.6 Å². The first-order valence-electron chi connectivity index (χ1n) is 15.3. The van der Waals surface area contributed by atoms with Crippen molar-refractivity contribution in [2.45, 2.75) is 51.7 Å². The lowest BCUT2D eigenvalue weighted by molar-refractivity contribution is 0.170. The van der Waals surface area contributed by atoms with E-state index in [1.165, 1.54) is 30.4 Å². The zero-order valence-electron chi connectivity index (χ0n) is 25.3. The van der Waals surface area contributed by atoms with Crippen molar-refractivity contribution in [2.24, 2.45) is 0 Å². The molecule has 0 spiro atoms. The number of hydrogen-bond acceptors (Lipinski definition) is 9. The standard InChI is InChI=1S/C34H40N2O7/c1-37-26-9-8-23-17-35(13-10-22(23)14-26)11-6-4-5-7-12-36-18-24-15-27(38-2)31-33(42-20-40-31)29(24)30-25(19-36)16-28(39-3)32-34(30)43-21-41-32/h8-9,14-16H,4-7,10-13,17-21H2,1-3H3. The number of benzene rings is 3.